The van der Waals surface area contributed by atoms with Crippen molar-refractivity contribution in [2.45, 2.75) is 47.0 Å². The molecule has 23 heavy (non-hydrogen) atoms. The summed E-state index contributed by atoms with van der Waals surface area (Å²) in [7, 11) is 0. The second-order valence-corrected chi connectivity index (χ2v) is 6.63. The van der Waals surface area contributed by atoms with Gasteiger partial charge in [0, 0.05) is 17.8 Å². The van der Waals surface area contributed by atoms with E-state index >= 15 is 0 Å². The molecule has 0 saturated heterocycles. The molecule has 1 rings (SSSR count). The molecule has 0 aliphatic heterocycles. The summed E-state index contributed by atoms with van der Waals surface area (Å²) in [4.78, 5) is 11.8. The third kappa shape index (κ3) is 5.38. The third-order valence-electron chi connectivity index (χ3n) is 4.71. The minimum absolute atomic E-state index is 0.0733. The monoisotopic (exact) mass is 314 g/mol. The van der Waals surface area contributed by atoms with Gasteiger partial charge in [0.15, 0.2) is 5.78 Å². The Kier molecular flexibility index (Phi) is 7.28. The molecule has 1 unspecified atom stereocenters. The van der Waals surface area contributed by atoms with Gasteiger partial charge in [-0.2, -0.15) is 0 Å². The molecule has 1 atom stereocenters. The molecule has 0 aromatic heterocycles. The molecule has 1 aliphatic rings. The first kappa shape index (κ1) is 19.2. The van der Waals surface area contributed by atoms with Crippen LogP contribution in [0.25, 0.3) is 0 Å². The van der Waals surface area contributed by atoms with Crippen molar-refractivity contribution in [2.24, 2.45) is 11.3 Å². The number of hydrogen-bond donors (Lipinski definition) is 0. The predicted octanol–water partition coefficient (Wildman–Crippen LogP) is 5.55. The van der Waals surface area contributed by atoms with Crippen molar-refractivity contribution in [3.63, 3.8) is 0 Å². The maximum absolute atomic E-state index is 11.8. The van der Waals surface area contributed by atoms with E-state index in [1.54, 1.807) is 6.08 Å². The second-order valence-electron chi connectivity index (χ2n) is 6.63. The molecule has 0 aromatic rings. The van der Waals surface area contributed by atoms with Crippen molar-refractivity contribution in [3.8, 4) is 0 Å². The summed E-state index contributed by atoms with van der Waals surface area (Å²) in [6, 6.07) is 0. The maximum atomic E-state index is 11.8. The topological polar surface area (TPSA) is 26.3 Å². The van der Waals surface area contributed by atoms with E-state index in [1.807, 2.05) is 32.1 Å². The van der Waals surface area contributed by atoms with Crippen LogP contribution in [0.4, 0.5) is 0 Å². The van der Waals surface area contributed by atoms with Crippen molar-refractivity contribution < 1.29 is 9.53 Å². The highest BCUT2D eigenvalue weighted by molar-refractivity contribution is 5.81. The molecule has 0 fully saturated rings. The van der Waals surface area contributed by atoms with Crippen LogP contribution in [0.2, 0.25) is 0 Å². The lowest BCUT2D eigenvalue weighted by molar-refractivity contribution is -0.125. The number of ether oxygens (including phenoxy) is 1. The molecule has 0 saturated carbocycles. The van der Waals surface area contributed by atoms with Crippen LogP contribution in [0, 0.1) is 11.3 Å². The second kappa shape index (κ2) is 8.71. The fourth-order valence-corrected chi connectivity index (χ4v) is 2.39. The molecular formula is C21H30O2. The number of hydrogen-bond acceptors (Lipinski definition) is 2. The highest BCUT2D eigenvalue weighted by Crippen LogP contribution is 2.39. The largest absolute Gasteiger partial charge is 0.490 e. The Hall–Kier alpha value is -1.83. The molecule has 0 heterocycles. The number of ketones is 1. The lowest BCUT2D eigenvalue weighted by Crippen LogP contribution is -2.20. The standard InChI is InChI=1S/C21H30O2/c1-7-9-10-17(4)21(5,6)18-11-13-19(14-12-18)23-15-20(22)16(3)8-2/h7,9-11,13,16H,1,4,8,12,14-15H2,2-3,5-6H3/b10-9-. The molecule has 2 nitrogen and oxygen atoms in total. The summed E-state index contributed by atoms with van der Waals surface area (Å²) >= 11 is 0. The van der Waals surface area contributed by atoms with Gasteiger partial charge in [-0.05, 0) is 24.5 Å². The van der Waals surface area contributed by atoms with Gasteiger partial charge in [-0.15, -0.1) is 0 Å². The quantitative estimate of drug-likeness (QED) is 0.522. The summed E-state index contributed by atoms with van der Waals surface area (Å²) in [6.45, 7) is 16.4. The van der Waals surface area contributed by atoms with Gasteiger partial charge in [0.1, 0.15) is 6.61 Å². The Bertz CT molecular complexity index is 544. The molecule has 0 N–H and O–H groups in total. The van der Waals surface area contributed by atoms with Gasteiger partial charge in [0.2, 0.25) is 0 Å². The number of allylic oxidation sites excluding steroid dienone is 8. The zero-order valence-corrected chi connectivity index (χ0v) is 15.0. The SMILES string of the molecule is C=C/C=C\C(=C)C(C)(C)C1=CC=C(OCC(=O)C(C)CC)CC1. The molecule has 0 spiro atoms. The first-order valence-electron chi connectivity index (χ1n) is 8.37. The molecular weight excluding hydrogens is 284 g/mol. The lowest BCUT2D eigenvalue weighted by atomic mass is 9.74. The summed E-state index contributed by atoms with van der Waals surface area (Å²) in [5.41, 5.74) is 2.30. The highest BCUT2D eigenvalue weighted by atomic mass is 16.5. The summed E-state index contributed by atoms with van der Waals surface area (Å²) in [5.74, 6) is 1.14. The van der Waals surface area contributed by atoms with Crippen LogP contribution in [0.5, 0.6) is 0 Å². The van der Waals surface area contributed by atoms with Gasteiger partial charge >= 0.3 is 0 Å². The van der Waals surface area contributed by atoms with E-state index in [4.69, 9.17) is 4.74 Å². The molecule has 0 aromatic carbocycles. The Morgan fingerprint density at radius 2 is 2.09 bits per heavy atom. The molecule has 0 bridgehead atoms. The van der Waals surface area contributed by atoms with Gasteiger partial charge in [0.25, 0.3) is 0 Å². The minimum atomic E-state index is -0.0892. The Balaban J connectivity index is 2.70. The molecule has 0 amide bonds. The van der Waals surface area contributed by atoms with Gasteiger partial charge < -0.3 is 4.74 Å². The fraction of sp³-hybridized carbons (Fsp3) is 0.476. The molecule has 2 heteroatoms. The van der Waals surface area contributed by atoms with Gasteiger partial charge in [0.05, 0.1) is 5.76 Å². The van der Waals surface area contributed by atoms with Crippen LogP contribution in [0.15, 0.2) is 60.4 Å². The Morgan fingerprint density at radius 3 is 2.61 bits per heavy atom. The van der Waals surface area contributed by atoms with Gasteiger partial charge in [-0.25, -0.2) is 0 Å². The van der Waals surface area contributed by atoms with E-state index in [1.165, 1.54) is 5.57 Å². The van der Waals surface area contributed by atoms with E-state index < -0.39 is 0 Å². The van der Waals surface area contributed by atoms with E-state index in [9.17, 15) is 4.79 Å². The summed E-state index contributed by atoms with van der Waals surface area (Å²) in [6.07, 6.45) is 12.4. The van der Waals surface area contributed by atoms with Gasteiger partial charge in [-0.1, -0.05) is 70.7 Å². The number of carbonyl (C=O) groups excluding carboxylic acids is 1. The number of Topliss-reactive ketones (excluding diaryl/α,β-unsaturated/α-hetero) is 1. The molecule has 1 aliphatic carbocycles. The summed E-state index contributed by atoms with van der Waals surface area (Å²) < 4.78 is 5.67. The van der Waals surface area contributed by atoms with Crippen LogP contribution >= 0.6 is 0 Å². The van der Waals surface area contributed by atoms with Gasteiger partial charge in [-0.3, -0.25) is 4.79 Å². The third-order valence-corrected chi connectivity index (χ3v) is 4.71. The molecule has 126 valence electrons. The minimum Gasteiger partial charge on any atom is -0.490 e. The van der Waals surface area contributed by atoms with Crippen LogP contribution in [0.1, 0.15) is 47.0 Å². The highest BCUT2D eigenvalue weighted by Gasteiger charge is 2.26. The van der Waals surface area contributed by atoms with Crippen molar-refractivity contribution in [2.75, 3.05) is 6.61 Å². The van der Waals surface area contributed by atoms with Crippen molar-refractivity contribution >= 4 is 5.78 Å². The van der Waals surface area contributed by atoms with E-state index in [0.717, 1.165) is 30.6 Å². The predicted molar refractivity (Wildman–Crippen MR) is 98.1 cm³/mol. The van der Waals surface area contributed by atoms with E-state index in [0.29, 0.717) is 0 Å². The van der Waals surface area contributed by atoms with E-state index in [2.05, 4.69) is 33.1 Å². The first-order chi connectivity index (χ1) is 10.8. The van der Waals surface area contributed by atoms with Crippen LogP contribution in [-0.2, 0) is 9.53 Å². The Morgan fingerprint density at radius 1 is 1.39 bits per heavy atom. The zero-order chi connectivity index (χ0) is 17.5. The number of carbonyl (C=O) groups is 1. The van der Waals surface area contributed by atoms with Crippen molar-refractivity contribution in [1.29, 1.82) is 0 Å². The normalized spacial score (nSPS) is 16.5. The number of rotatable bonds is 9. The fourth-order valence-electron chi connectivity index (χ4n) is 2.39. The smallest absolute Gasteiger partial charge is 0.172 e. The maximum Gasteiger partial charge on any atom is 0.172 e. The van der Waals surface area contributed by atoms with Crippen molar-refractivity contribution in [3.05, 3.63) is 60.4 Å². The van der Waals surface area contributed by atoms with Crippen LogP contribution in [0.3, 0.4) is 0 Å². The van der Waals surface area contributed by atoms with Crippen molar-refractivity contribution in [1.82, 2.24) is 0 Å². The lowest BCUT2D eigenvalue weighted by Gasteiger charge is -2.31. The average molecular weight is 314 g/mol. The first-order valence-corrected chi connectivity index (χ1v) is 8.37. The zero-order valence-electron chi connectivity index (χ0n) is 15.0. The summed E-state index contributed by atoms with van der Waals surface area (Å²) in [5, 5.41) is 0. The van der Waals surface area contributed by atoms with Crippen LogP contribution in [-0.4, -0.2) is 12.4 Å². The average Bonchev–Trinajstić information content (AvgIpc) is 2.56. The van der Waals surface area contributed by atoms with E-state index in [-0.39, 0.29) is 23.7 Å². The van der Waals surface area contributed by atoms with Crippen LogP contribution < -0.4 is 0 Å². The molecule has 0 radical (unpaired) electrons. The Labute approximate surface area is 141 Å².